The van der Waals surface area contributed by atoms with Crippen molar-refractivity contribution in [2.45, 2.75) is 6.42 Å². The molecule has 6 heteroatoms. The SMILES string of the molecule is COc1cc2[nH]cc(C(=O)NCCc3ccccc3F)c2cc1OC. The van der Waals surface area contributed by atoms with E-state index in [0.717, 1.165) is 10.9 Å². The Morgan fingerprint density at radius 2 is 1.88 bits per heavy atom. The zero-order valence-corrected chi connectivity index (χ0v) is 14.1. The molecule has 1 aromatic heterocycles. The van der Waals surface area contributed by atoms with Crippen LogP contribution in [0.15, 0.2) is 42.6 Å². The summed E-state index contributed by atoms with van der Waals surface area (Å²) in [5.41, 5.74) is 1.86. The van der Waals surface area contributed by atoms with E-state index < -0.39 is 0 Å². The molecule has 0 spiro atoms. The van der Waals surface area contributed by atoms with Gasteiger partial charge in [0.15, 0.2) is 11.5 Å². The first-order chi connectivity index (χ1) is 12.1. The predicted molar refractivity (Wildman–Crippen MR) is 93.8 cm³/mol. The van der Waals surface area contributed by atoms with Crippen LogP contribution in [0.25, 0.3) is 10.9 Å². The fourth-order valence-electron chi connectivity index (χ4n) is 2.74. The van der Waals surface area contributed by atoms with E-state index in [1.807, 2.05) is 0 Å². The van der Waals surface area contributed by atoms with Gasteiger partial charge in [0.05, 0.1) is 25.3 Å². The number of fused-ring (bicyclic) bond motifs is 1. The first-order valence-corrected chi connectivity index (χ1v) is 7.88. The summed E-state index contributed by atoms with van der Waals surface area (Å²) in [6.45, 7) is 0.347. The molecule has 0 fully saturated rings. The van der Waals surface area contributed by atoms with E-state index in [1.54, 1.807) is 50.7 Å². The van der Waals surface area contributed by atoms with Crippen LogP contribution in [0.2, 0.25) is 0 Å². The summed E-state index contributed by atoms with van der Waals surface area (Å²) in [4.78, 5) is 15.5. The van der Waals surface area contributed by atoms with Gasteiger partial charge >= 0.3 is 0 Å². The number of benzene rings is 2. The molecule has 0 bridgehead atoms. The monoisotopic (exact) mass is 342 g/mol. The normalized spacial score (nSPS) is 10.7. The lowest BCUT2D eigenvalue weighted by atomic mass is 10.1. The van der Waals surface area contributed by atoms with Crippen LogP contribution in [-0.2, 0) is 6.42 Å². The molecule has 1 heterocycles. The van der Waals surface area contributed by atoms with Gasteiger partial charge in [-0.15, -0.1) is 0 Å². The van der Waals surface area contributed by atoms with Gasteiger partial charge in [-0.05, 0) is 24.1 Å². The number of rotatable bonds is 6. The van der Waals surface area contributed by atoms with Crippen molar-refractivity contribution in [3.8, 4) is 11.5 Å². The number of halogens is 1. The molecular weight excluding hydrogens is 323 g/mol. The molecule has 3 rings (SSSR count). The summed E-state index contributed by atoms with van der Waals surface area (Å²) >= 11 is 0. The number of carbonyl (C=O) groups excluding carboxylic acids is 1. The number of ether oxygens (including phenoxy) is 2. The van der Waals surface area contributed by atoms with Crippen LogP contribution in [0.4, 0.5) is 4.39 Å². The summed E-state index contributed by atoms with van der Waals surface area (Å²) in [5.74, 6) is 0.647. The second-order valence-electron chi connectivity index (χ2n) is 5.55. The van der Waals surface area contributed by atoms with Gasteiger partial charge in [0.25, 0.3) is 5.91 Å². The zero-order chi connectivity index (χ0) is 17.8. The molecule has 0 atom stereocenters. The minimum Gasteiger partial charge on any atom is -0.493 e. The Kier molecular flexibility index (Phi) is 4.88. The average molecular weight is 342 g/mol. The van der Waals surface area contributed by atoms with Crippen molar-refractivity contribution < 1.29 is 18.7 Å². The van der Waals surface area contributed by atoms with Gasteiger partial charge in [-0.25, -0.2) is 4.39 Å². The maximum atomic E-state index is 13.6. The first-order valence-electron chi connectivity index (χ1n) is 7.88. The average Bonchev–Trinajstić information content (AvgIpc) is 3.04. The lowest BCUT2D eigenvalue weighted by Gasteiger charge is -2.08. The molecule has 25 heavy (non-hydrogen) atoms. The molecule has 0 saturated heterocycles. The third-order valence-corrected chi connectivity index (χ3v) is 4.07. The number of aromatic amines is 1. The van der Waals surface area contributed by atoms with Gasteiger partial charge in [-0.1, -0.05) is 18.2 Å². The summed E-state index contributed by atoms with van der Waals surface area (Å²) in [6, 6.07) is 10.1. The van der Waals surface area contributed by atoms with Crippen LogP contribution < -0.4 is 14.8 Å². The van der Waals surface area contributed by atoms with Crippen LogP contribution in [-0.4, -0.2) is 31.7 Å². The maximum Gasteiger partial charge on any atom is 0.253 e. The van der Waals surface area contributed by atoms with Crippen LogP contribution in [0.3, 0.4) is 0 Å². The highest BCUT2D eigenvalue weighted by Crippen LogP contribution is 2.33. The molecule has 0 radical (unpaired) electrons. The van der Waals surface area contributed by atoms with E-state index in [9.17, 15) is 9.18 Å². The third kappa shape index (κ3) is 3.42. The van der Waals surface area contributed by atoms with Crippen molar-refractivity contribution in [1.29, 1.82) is 0 Å². The Morgan fingerprint density at radius 1 is 1.16 bits per heavy atom. The summed E-state index contributed by atoms with van der Waals surface area (Å²) in [6.07, 6.45) is 2.07. The second kappa shape index (κ2) is 7.25. The number of hydrogen-bond donors (Lipinski definition) is 2. The highest BCUT2D eigenvalue weighted by Gasteiger charge is 2.15. The second-order valence-corrected chi connectivity index (χ2v) is 5.55. The van der Waals surface area contributed by atoms with E-state index in [-0.39, 0.29) is 11.7 Å². The summed E-state index contributed by atoms with van der Waals surface area (Å²) < 4.78 is 24.2. The Balaban J connectivity index is 1.75. The number of hydrogen-bond acceptors (Lipinski definition) is 3. The largest absolute Gasteiger partial charge is 0.493 e. The zero-order valence-electron chi connectivity index (χ0n) is 14.1. The minimum absolute atomic E-state index is 0.227. The van der Waals surface area contributed by atoms with Crippen molar-refractivity contribution in [3.05, 3.63) is 59.5 Å². The molecule has 0 saturated carbocycles. The highest BCUT2D eigenvalue weighted by atomic mass is 19.1. The van der Waals surface area contributed by atoms with Crippen LogP contribution >= 0.6 is 0 Å². The quantitative estimate of drug-likeness (QED) is 0.722. The minimum atomic E-state index is -0.263. The molecular formula is C19H19FN2O3. The first kappa shape index (κ1) is 16.8. The molecule has 5 nitrogen and oxygen atoms in total. The fourth-order valence-corrected chi connectivity index (χ4v) is 2.74. The third-order valence-electron chi connectivity index (χ3n) is 4.07. The number of carbonyl (C=O) groups is 1. The number of nitrogens with one attached hydrogen (secondary N) is 2. The van der Waals surface area contributed by atoms with E-state index in [4.69, 9.17) is 9.47 Å². The molecule has 2 aromatic carbocycles. The topological polar surface area (TPSA) is 63.4 Å². The lowest BCUT2D eigenvalue weighted by Crippen LogP contribution is -2.25. The molecule has 0 aliphatic rings. The number of amides is 1. The lowest BCUT2D eigenvalue weighted by molar-refractivity contribution is 0.0955. The Labute approximate surface area is 144 Å². The van der Waals surface area contributed by atoms with E-state index >= 15 is 0 Å². The molecule has 130 valence electrons. The van der Waals surface area contributed by atoms with Gasteiger partial charge in [0.1, 0.15) is 5.82 Å². The van der Waals surface area contributed by atoms with Gasteiger partial charge in [0, 0.05) is 24.2 Å². The molecule has 0 aliphatic heterocycles. The van der Waals surface area contributed by atoms with E-state index in [0.29, 0.717) is 35.6 Å². The van der Waals surface area contributed by atoms with Crippen molar-refractivity contribution in [2.24, 2.45) is 0 Å². The van der Waals surface area contributed by atoms with Crippen LogP contribution in [0, 0.1) is 5.82 Å². The Bertz CT molecular complexity index is 905. The molecule has 3 aromatic rings. The van der Waals surface area contributed by atoms with E-state index in [2.05, 4.69) is 10.3 Å². The molecule has 0 aliphatic carbocycles. The summed E-state index contributed by atoms with van der Waals surface area (Å²) in [5, 5.41) is 3.56. The highest BCUT2D eigenvalue weighted by molar-refractivity contribution is 6.07. The standard InChI is InChI=1S/C19H19FN2O3/c1-24-17-9-13-14(11-22-16(13)10-18(17)25-2)19(23)21-8-7-12-5-3-4-6-15(12)20/h3-6,9-11,22H,7-8H2,1-2H3,(H,21,23). The number of H-pyrrole nitrogens is 1. The van der Waals surface area contributed by atoms with Gasteiger partial charge in [-0.3, -0.25) is 4.79 Å². The number of aromatic nitrogens is 1. The molecule has 2 N–H and O–H groups in total. The molecule has 1 amide bonds. The van der Waals surface area contributed by atoms with Crippen molar-refractivity contribution in [2.75, 3.05) is 20.8 Å². The van der Waals surface area contributed by atoms with Crippen molar-refractivity contribution in [1.82, 2.24) is 10.3 Å². The van der Waals surface area contributed by atoms with Gasteiger partial charge in [-0.2, -0.15) is 0 Å². The van der Waals surface area contributed by atoms with Gasteiger partial charge in [0.2, 0.25) is 0 Å². The van der Waals surface area contributed by atoms with Crippen molar-refractivity contribution >= 4 is 16.8 Å². The fraction of sp³-hybridized carbons (Fsp3) is 0.211. The van der Waals surface area contributed by atoms with Crippen LogP contribution in [0.5, 0.6) is 11.5 Å². The maximum absolute atomic E-state index is 13.6. The van der Waals surface area contributed by atoms with Crippen molar-refractivity contribution in [3.63, 3.8) is 0 Å². The van der Waals surface area contributed by atoms with Crippen LogP contribution in [0.1, 0.15) is 15.9 Å². The van der Waals surface area contributed by atoms with E-state index in [1.165, 1.54) is 6.07 Å². The smallest absolute Gasteiger partial charge is 0.253 e. The van der Waals surface area contributed by atoms with Gasteiger partial charge < -0.3 is 19.8 Å². The Morgan fingerprint density at radius 3 is 2.60 bits per heavy atom. The Hall–Kier alpha value is -3.02. The predicted octanol–water partition coefficient (Wildman–Crippen LogP) is 3.30. The number of methoxy groups -OCH3 is 2. The molecule has 0 unspecified atom stereocenters. The summed E-state index contributed by atoms with van der Waals surface area (Å²) in [7, 11) is 3.10.